The van der Waals surface area contributed by atoms with Gasteiger partial charge in [-0.25, -0.2) is 4.79 Å². The highest BCUT2D eigenvalue weighted by molar-refractivity contribution is 5.83. The minimum absolute atomic E-state index is 0.0631. The van der Waals surface area contributed by atoms with Crippen molar-refractivity contribution in [1.29, 1.82) is 0 Å². The highest BCUT2D eigenvalue weighted by Crippen LogP contribution is 2.03. The molecule has 0 fully saturated rings. The molecule has 3 N–H and O–H groups in total. The summed E-state index contributed by atoms with van der Waals surface area (Å²) >= 11 is 0. The van der Waals surface area contributed by atoms with Gasteiger partial charge in [-0.1, -0.05) is 160 Å². The number of carboxylic acid groups (broad SMARTS) is 1. The van der Waals surface area contributed by atoms with E-state index in [1.807, 2.05) is 18.2 Å². The van der Waals surface area contributed by atoms with Crippen LogP contribution < -0.4 is 10.6 Å². The van der Waals surface area contributed by atoms with Gasteiger partial charge in [0.15, 0.2) is 0 Å². The lowest BCUT2D eigenvalue weighted by Crippen LogP contribution is -2.41. The molecule has 0 aromatic heterocycles. The number of carbonyl (C=O) groups is 3. The maximum atomic E-state index is 12.3. The molecule has 0 saturated carbocycles. The largest absolute Gasteiger partial charge is 0.480 e. The molecule has 0 aliphatic heterocycles. The predicted molar refractivity (Wildman–Crippen MR) is 237 cm³/mol. The predicted octanol–water partition coefficient (Wildman–Crippen LogP) is 12.4. The van der Waals surface area contributed by atoms with Crippen LogP contribution >= 0.6 is 0 Å². The van der Waals surface area contributed by atoms with Crippen LogP contribution in [0.15, 0.2) is 146 Å². The second-order valence-electron chi connectivity index (χ2n) is 12.9. The van der Waals surface area contributed by atoms with Crippen LogP contribution in [0.1, 0.15) is 129 Å². The fourth-order valence-corrected chi connectivity index (χ4v) is 4.85. The molecule has 302 valence electrons. The summed E-state index contributed by atoms with van der Waals surface area (Å²) in [5.74, 6) is -1.41. The number of amides is 2. The first-order valence-electron chi connectivity index (χ1n) is 20.6. The molecule has 0 bridgehead atoms. The van der Waals surface area contributed by atoms with Gasteiger partial charge in [-0.05, 0) is 103 Å². The molecule has 55 heavy (non-hydrogen) atoms. The standard InChI is InChI=1S/C49H72N2O4/c1-3-5-7-9-11-13-15-17-19-21-23-25-27-29-31-33-35-37-39-43-47(52)50-45-41-42-46(49(54)55)51-48(53)44-40-38-36-34-32-30-28-26-24-22-20-18-16-14-12-10-8-6-4-2/h5-8,11-14,17-20,23-26,29-32,35-38,46H,3-4,9-10,15-16,21-22,27-28,33-34,39-45H2,1-2H3,(H,50,52)(H,51,53)(H,54,55). The fourth-order valence-electron chi connectivity index (χ4n) is 4.85. The van der Waals surface area contributed by atoms with E-state index >= 15 is 0 Å². The molecular formula is C49H72N2O4. The highest BCUT2D eigenvalue weighted by atomic mass is 16.4. The number of carbonyl (C=O) groups excluding carboxylic acids is 2. The molecule has 0 radical (unpaired) electrons. The first-order valence-corrected chi connectivity index (χ1v) is 20.6. The van der Waals surface area contributed by atoms with E-state index in [0.717, 1.165) is 77.0 Å². The number of hydrogen-bond donors (Lipinski definition) is 3. The lowest BCUT2D eigenvalue weighted by molar-refractivity contribution is -0.142. The molecule has 0 spiro atoms. The van der Waals surface area contributed by atoms with Gasteiger partial charge < -0.3 is 15.7 Å². The Bertz CT molecular complexity index is 1330. The van der Waals surface area contributed by atoms with Crippen molar-refractivity contribution >= 4 is 17.8 Å². The van der Waals surface area contributed by atoms with Gasteiger partial charge in [-0.2, -0.15) is 0 Å². The maximum absolute atomic E-state index is 12.3. The molecule has 0 aliphatic rings. The summed E-state index contributed by atoms with van der Waals surface area (Å²) < 4.78 is 0. The topological polar surface area (TPSA) is 95.5 Å². The third-order valence-electron chi connectivity index (χ3n) is 7.89. The van der Waals surface area contributed by atoms with Gasteiger partial charge in [0.2, 0.25) is 11.8 Å². The maximum Gasteiger partial charge on any atom is 0.326 e. The van der Waals surface area contributed by atoms with Crippen LogP contribution in [0.2, 0.25) is 0 Å². The van der Waals surface area contributed by atoms with Crippen LogP contribution in [0.4, 0.5) is 0 Å². The minimum atomic E-state index is -1.06. The van der Waals surface area contributed by atoms with E-state index in [1.54, 1.807) is 0 Å². The molecule has 0 heterocycles. The number of aliphatic carboxylic acids is 1. The molecule has 2 amide bonds. The van der Waals surface area contributed by atoms with Gasteiger partial charge in [0.25, 0.3) is 0 Å². The Morgan fingerprint density at radius 2 is 0.727 bits per heavy atom. The lowest BCUT2D eigenvalue weighted by Gasteiger charge is -2.14. The van der Waals surface area contributed by atoms with Gasteiger partial charge in [-0.15, -0.1) is 0 Å². The van der Waals surface area contributed by atoms with Gasteiger partial charge in [-0.3, -0.25) is 9.59 Å². The van der Waals surface area contributed by atoms with Gasteiger partial charge >= 0.3 is 5.97 Å². The smallest absolute Gasteiger partial charge is 0.326 e. The number of allylic oxidation sites excluding steroid dienone is 24. The Kier molecular flexibility index (Phi) is 38.4. The molecule has 1 atom stereocenters. The second kappa shape index (κ2) is 42.0. The Hall–Kier alpha value is -4.71. The zero-order valence-corrected chi connectivity index (χ0v) is 34.0. The Morgan fingerprint density at radius 3 is 1.04 bits per heavy atom. The van der Waals surface area contributed by atoms with E-state index in [0.29, 0.717) is 32.2 Å². The van der Waals surface area contributed by atoms with Gasteiger partial charge in [0.05, 0.1) is 0 Å². The molecule has 0 aliphatic carbocycles. The Labute approximate surface area is 334 Å². The Balaban J connectivity index is 3.93. The number of hydrogen-bond acceptors (Lipinski definition) is 3. The normalized spacial score (nSPS) is 13.6. The van der Waals surface area contributed by atoms with Crippen molar-refractivity contribution in [3.05, 3.63) is 146 Å². The van der Waals surface area contributed by atoms with Crippen molar-refractivity contribution in [3.8, 4) is 0 Å². The molecule has 6 nitrogen and oxygen atoms in total. The van der Waals surface area contributed by atoms with E-state index < -0.39 is 12.0 Å². The molecular weight excluding hydrogens is 681 g/mol. The van der Waals surface area contributed by atoms with E-state index in [1.165, 1.54) is 0 Å². The summed E-state index contributed by atoms with van der Waals surface area (Å²) in [6, 6.07) is -0.964. The third-order valence-corrected chi connectivity index (χ3v) is 7.89. The van der Waals surface area contributed by atoms with Crippen molar-refractivity contribution in [2.75, 3.05) is 6.54 Å². The molecule has 0 aromatic carbocycles. The average Bonchev–Trinajstić information content (AvgIpc) is 3.17. The van der Waals surface area contributed by atoms with Gasteiger partial charge in [0, 0.05) is 19.4 Å². The number of nitrogens with one attached hydrogen (secondary N) is 2. The van der Waals surface area contributed by atoms with Crippen LogP contribution in [-0.4, -0.2) is 35.5 Å². The SMILES string of the molecule is CCC=CCC=CCC=CCC=CCC=CCC=CCCC(=O)NCCCC(NC(=O)CCC=CCC=CCC=CCC=CCC=CCC=CCC)C(=O)O. The summed E-state index contributed by atoms with van der Waals surface area (Å²) in [4.78, 5) is 36.1. The summed E-state index contributed by atoms with van der Waals surface area (Å²) in [5.41, 5.74) is 0. The number of rotatable bonds is 34. The quantitative estimate of drug-likeness (QED) is 0.0450. The number of carboxylic acids is 1. The van der Waals surface area contributed by atoms with Crippen molar-refractivity contribution in [2.45, 2.75) is 135 Å². The second-order valence-corrected chi connectivity index (χ2v) is 12.9. The van der Waals surface area contributed by atoms with Crippen LogP contribution in [0.25, 0.3) is 0 Å². The van der Waals surface area contributed by atoms with E-state index in [9.17, 15) is 19.5 Å². The fraction of sp³-hybridized carbons (Fsp3) is 0.449. The lowest BCUT2D eigenvalue weighted by atomic mass is 10.1. The van der Waals surface area contributed by atoms with Crippen LogP contribution in [-0.2, 0) is 14.4 Å². The van der Waals surface area contributed by atoms with Crippen molar-refractivity contribution in [3.63, 3.8) is 0 Å². The van der Waals surface area contributed by atoms with Crippen molar-refractivity contribution < 1.29 is 19.5 Å². The van der Waals surface area contributed by atoms with E-state index in [4.69, 9.17) is 0 Å². The highest BCUT2D eigenvalue weighted by Gasteiger charge is 2.19. The molecule has 0 rings (SSSR count). The van der Waals surface area contributed by atoms with Crippen LogP contribution in [0.3, 0.4) is 0 Å². The average molecular weight is 753 g/mol. The molecule has 0 aromatic rings. The first kappa shape index (κ1) is 50.3. The van der Waals surface area contributed by atoms with Crippen LogP contribution in [0.5, 0.6) is 0 Å². The Morgan fingerprint density at radius 1 is 0.436 bits per heavy atom. The molecule has 0 saturated heterocycles. The van der Waals surface area contributed by atoms with Crippen LogP contribution in [0, 0.1) is 0 Å². The van der Waals surface area contributed by atoms with Crippen molar-refractivity contribution in [2.24, 2.45) is 0 Å². The van der Waals surface area contributed by atoms with E-state index in [2.05, 4.69) is 152 Å². The monoisotopic (exact) mass is 753 g/mol. The van der Waals surface area contributed by atoms with Crippen molar-refractivity contribution in [1.82, 2.24) is 10.6 Å². The minimum Gasteiger partial charge on any atom is -0.480 e. The molecule has 1 unspecified atom stereocenters. The summed E-state index contributed by atoms with van der Waals surface area (Å²) in [5, 5.41) is 15.0. The zero-order valence-electron chi connectivity index (χ0n) is 34.0. The third kappa shape index (κ3) is 40.3. The first-order chi connectivity index (χ1) is 27.0. The molecule has 6 heteroatoms. The summed E-state index contributed by atoms with van der Waals surface area (Å²) in [6.45, 7) is 4.66. The van der Waals surface area contributed by atoms with Gasteiger partial charge in [0.1, 0.15) is 6.04 Å². The zero-order chi connectivity index (χ0) is 40.1. The van der Waals surface area contributed by atoms with E-state index in [-0.39, 0.29) is 24.7 Å². The summed E-state index contributed by atoms with van der Waals surface area (Å²) in [6.07, 6.45) is 65.5. The summed E-state index contributed by atoms with van der Waals surface area (Å²) in [7, 11) is 0.